The summed E-state index contributed by atoms with van der Waals surface area (Å²) in [6, 6.07) is 20.0. The first-order valence-electron chi connectivity index (χ1n) is 9.78. The fourth-order valence-corrected chi connectivity index (χ4v) is 4.05. The number of phenolic OH excluding ortho intramolecular Hbond substituents is 1. The van der Waals surface area contributed by atoms with E-state index >= 15 is 0 Å². The number of nitrogens with zero attached hydrogens (tertiary/aromatic N) is 3. The Morgan fingerprint density at radius 3 is 2.48 bits per heavy atom. The van der Waals surface area contributed by atoms with Crippen LogP contribution in [-0.4, -0.2) is 32.4 Å². The van der Waals surface area contributed by atoms with Gasteiger partial charge in [0.1, 0.15) is 11.3 Å². The SMILES string of the molecule is NC(=O)CN(Cc1ccccn1)C(c1ccccc1)c1cc(Cl)c2cccnc2c1O. The summed E-state index contributed by atoms with van der Waals surface area (Å²) >= 11 is 6.56. The van der Waals surface area contributed by atoms with E-state index in [9.17, 15) is 9.90 Å². The van der Waals surface area contributed by atoms with Crippen molar-refractivity contribution in [3.63, 3.8) is 0 Å². The van der Waals surface area contributed by atoms with Crippen LogP contribution in [0.2, 0.25) is 5.02 Å². The Balaban J connectivity index is 1.90. The molecule has 0 aliphatic heterocycles. The minimum absolute atomic E-state index is 0.0179. The van der Waals surface area contributed by atoms with E-state index in [4.69, 9.17) is 17.3 Å². The van der Waals surface area contributed by atoms with Crippen molar-refractivity contribution in [2.24, 2.45) is 5.73 Å². The van der Waals surface area contributed by atoms with Crippen LogP contribution in [0.3, 0.4) is 0 Å². The van der Waals surface area contributed by atoms with Crippen LogP contribution in [-0.2, 0) is 11.3 Å². The van der Waals surface area contributed by atoms with Crippen molar-refractivity contribution in [2.45, 2.75) is 12.6 Å². The Hall–Kier alpha value is -3.48. The second-order valence-corrected chi connectivity index (χ2v) is 7.61. The van der Waals surface area contributed by atoms with Gasteiger partial charge in [-0.2, -0.15) is 0 Å². The molecule has 0 bridgehead atoms. The van der Waals surface area contributed by atoms with E-state index < -0.39 is 11.9 Å². The fourth-order valence-electron chi connectivity index (χ4n) is 3.78. The normalized spacial score (nSPS) is 12.2. The Kier molecular flexibility index (Phi) is 6.11. The molecule has 1 atom stereocenters. The van der Waals surface area contributed by atoms with Crippen molar-refractivity contribution < 1.29 is 9.90 Å². The maximum atomic E-state index is 12.0. The van der Waals surface area contributed by atoms with Crippen molar-refractivity contribution in [3.05, 3.63) is 101 Å². The van der Waals surface area contributed by atoms with E-state index in [-0.39, 0.29) is 12.3 Å². The number of primary amides is 1. The van der Waals surface area contributed by atoms with Gasteiger partial charge in [-0.1, -0.05) is 48.0 Å². The maximum absolute atomic E-state index is 12.0. The van der Waals surface area contributed by atoms with Crippen LogP contribution in [0.1, 0.15) is 22.9 Å². The van der Waals surface area contributed by atoms with Crippen molar-refractivity contribution in [3.8, 4) is 5.75 Å². The average molecular weight is 433 g/mol. The molecule has 2 aromatic carbocycles. The predicted molar refractivity (Wildman–Crippen MR) is 121 cm³/mol. The summed E-state index contributed by atoms with van der Waals surface area (Å²) in [5, 5.41) is 12.3. The summed E-state index contributed by atoms with van der Waals surface area (Å²) in [6.45, 7) is 0.314. The van der Waals surface area contributed by atoms with Gasteiger partial charge in [-0.3, -0.25) is 19.7 Å². The Labute approximate surface area is 184 Å². The first-order valence-corrected chi connectivity index (χ1v) is 10.2. The van der Waals surface area contributed by atoms with E-state index in [0.29, 0.717) is 28.0 Å². The lowest BCUT2D eigenvalue weighted by Gasteiger charge is -2.32. The number of fused-ring (bicyclic) bond motifs is 1. The summed E-state index contributed by atoms with van der Waals surface area (Å²) in [6.07, 6.45) is 3.30. The van der Waals surface area contributed by atoms with E-state index in [1.54, 1.807) is 30.6 Å². The number of aromatic hydroxyl groups is 1. The third kappa shape index (κ3) is 4.50. The first-order chi connectivity index (χ1) is 15.0. The van der Waals surface area contributed by atoms with Crippen LogP contribution in [0.25, 0.3) is 10.9 Å². The minimum Gasteiger partial charge on any atom is -0.505 e. The molecule has 0 fully saturated rings. The van der Waals surface area contributed by atoms with E-state index in [2.05, 4.69) is 9.97 Å². The number of halogens is 1. The number of aromatic nitrogens is 2. The van der Waals surface area contributed by atoms with Gasteiger partial charge in [0.05, 0.1) is 23.3 Å². The van der Waals surface area contributed by atoms with Gasteiger partial charge < -0.3 is 10.8 Å². The third-order valence-electron chi connectivity index (χ3n) is 5.07. The average Bonchev–Trinajstić information content (AvgIpc) is 2.78. The molecule has 1 amide bonds. The fraction of sp³-hybridized carbons (Fsp3) is 0.125. The highest BCUT2D eigenvalue weighted by atomic mass is 35.5. The van der Waals surface area contributed by atoms with Gasteiger partial charge in [-0.15, -0.1) is 0 Å². The Morgan fingerprint density at radius 1 is 1.03 bits per heavy atom. The van der Waals surface area contributed by atoms with Crippen LogP contribution < -0.4 is 5.73 Å². The summed E-state index contributed by atoms with van der Waals surface area (Å²) in [4.78, 5) is 22.6. The van der Waals surface area contributed by atoms with Gasteiger partial charge in [-0.25, -0.2) is 0 Å². The molecule has 0 saturated heterocycles. The molecule has 7 heteroatoms. The van der Waals surface area contributed by atoms with Crippen LogP contribution in [0, 0.1) is 0 Å². The summed E-state index contributed by atoms with van der Waals surface area (Å²) in [7, 11) is 0. The van der Waals surface area contributed by atoms with Gasteiger partial charge in [0.15, 0.2) is 0 Å². The van der Waals surface area contributed by atoms with Crippen LogP contribution in [0.5, 0.6) is 5.75 Å². The highest BCUT2D eigenvalue weighted by Crippen LogP contribution is 2.41. The van der Waals surface area contributed by atoms with Gasteiger partial charge in [-0.05, 0) is 35.9 Å². The van der Waals surface area contributed by atoms with Crippen LogP contribution >= 0.6 is 11.6 Å². The molecule has 4 aromatic rings. The molecule has 4 rings (SSSR count). The largest absolute Gasteiger partial charge is 0.505 e. The van der Waals surface area contributed by atoms with Gasteiger partial charge >= 0.3 is 0 Å². The molecule has 31 heavy (non-hydrogen) atoms. The molecule has 0 spiro atoms. The zero-order valence-corrected chi connectivity index (χ0v) is 17.4. The number of benzene rings is 2. The standard InChI is InChI=1S/C24H21ClN4O2/c25-20-13-19(24(31)22-18(20)10-6-12-28-22)23(16-7-2-1-3-8-16)29(15-21(26)30)14-17-9-4-5-11-27-17/h1-13,23,31H,14-15H2,(H2,26,30). The molecular formula is C24H21ClN4O2. The first kappa shape index (κ1) is 20.8. The molecule has 0 radical (unpaired) electrons. The highest BCUT2D eigenvalue weighted by Gasteiger charge is 2.28. The lowest BCUT2D eigenvalue weighted by molar-refractivity contribution is -0.119. The van der Waals surface area contributed by atoms with Crippen LogP contribution in [0.4, 0.5) is 0 Å². The molecule has 156 valence electrons. The molecule has 2 heterocycles. The molecule has 3 N–H and O–H groups in total. The Morgan fingerprint density at radius 2 is 1.77 bits per heavy atom. The molecule has 1 unspecified atom stereocenters. The van der Waals surface area contributed by atoms with Gasteiger partial charge in [0.25, 0.3) is 0 Å². The number of hydrogen-bond donors (Lipinski definition) is 2. The number of pyridine rings is 2. The summed E-state index contributed by atoms with van der Waals surface area (Å²) in [5.41, 5.74) is 8.19. The smallest absolute Gasteiger partial charge is 0.231 e. The molecule has 0 aliphatic rings. The monoisotopic (exact) mass is 432 g/mol. The lowest BCUT2D eigenvalue weighted by atomic mass is 9.94. The number of hydrogen-bond acceptors (Lipinski definition) is 5. The zero-order valence-electron chi connectivity index (χ0n) is 16.6. The lowest BCUT2D eigenvalue weighted by Crippen LogP contribution is -2.37. The maximum Gasteiger partial charge on any atom is 0.231 e. The van der Waals surface area contributed by atoms with Crippen molar-refractivity contribution in [2.75, 3.05) is 6.54 Å². The van der Waals surface area contributed by atoms with Gasteiger partial charge in [0.2, 0.25) is 5.91 Å². The Bertz CT molecular complexity index is 1200. The second-order valence-electron chi connectivity index (χ2n) is 7.20. The summed E-state index contributed by atoms with van der Waals surface area (Å²) < 4.78 is 0. The van der Waals surface area contributed by atoms with Crippen LogP contribution in [0.15, 0.2) is 79.1 Å². The number of carbonyl (C=O) groups is 1. The molecular weight excluding hydrogens is 412 g/mol. The van der Waals surface area contributed by atoms with Crippen molar-refractivity contribution in [1.82, 2.24) is 14.9 Å². The number of amides is 1. The highest BCUT2D eigenvalue weighted by molar-refractivity contribution is 6.35. The summed E-state index contributed by atoms with van der Waals surface area (Å²) in [5.74, 6) is -0.467. The van der Waals surface area contributed by atoms with E-state index in [1.165, 1.54) is 0 Å². The second kappa shape index (κ2) is 9.12. The zero-order chi connectivity index (χ0) is 21.8. The molecule has 6 nitrogen and oxygen atoms in total. The predicted octanol–water partition coefficient (Wildman–Crippen LogP) is 4.07. The molecule has 2 aromatic heterocycles. The number of rotatable bonds is 7. The number of phenols is 1. The van der Waals surface area contributed by atoms with Gasteiger partial charge in [0, 0.05) is 29.9 Å². The van der Waals surface area contributed by atoms with E-state index in [0.717, 1.165) is 11.3 Å². The van der Waals surface area contributed by atoms with Crippen molar-refractivity contribution in [1.29, 1.82) is 0 Å². The third-order valence-corrected chi connectivity index (χ3v) is 5.38. The number of carbonyl (C=O) groups excluding carboxylic acids is 1. The number of nitrogens with two attached hydrogens (primary N) is 1. The molecule has 0 aliphatic carbocycles. The topological polar surface area (TPSA) is 92.3 Å². The van der Waals surface area contributed by atoms with E-state index in [1.807, 2.05) is 53.4 Å². The van der Waals surface area contributed by atoms with Crippen molar-refractivity contribution >= 4 is 28.4 Å². The molecule has 0 saturated carbocycles. The quantitative estimate of drug-likeness (QED) is 0.459. The minimum atomic E-state index is -0.500.